The van der Waals surface area contributed by atoms with Crippen LogP contribution in [0, 0.1) is 6.92 Å². The molecule has 0 bridgehead atoms. The van der Waals surface area contributed by atoms with Gasteiger partial charge in [0.2, 0.25) is 0 Å². The lowest BCUT2D eigenvalue weighted by Crippen LogP contribution is -2.00. The van der Waals surface area contributed by atoms with Gasteiger partial charge in [-0.2, -0.15) is 0 Å². The number of anilines is 1. The van der Waals surface area contributed by atoms with Crippen molar-refractivity contribution in [3.05, 3.63) is 66.5 Å². The number of pyridine rings is 1. The molecule has 4 rings (SSSR count). The van der Waals surface area contributed by atoms with Crippen molar-refractivity contribution in [3.8, 4) is 28.3 Å². The van der Waals surface area contributed by atoms with Gasteiger partial charge in [0.05, 0.1) is 5.52 Å². The number of hydrogen-bond acceptors (Lipinski definition) is 5. The Morgan fingerprint density at radius 2 is 1.81 bits per heavy atom. The highest BCUT2D eigenvalue weighted by atomic mass is 16.3. The first kappa shape index (κ1) is 16.0. The number of aromatic hydroxyl groups is 1. The molecule has 0 saturated heterocycles. The zero-order chi connectivity index (χ0) is 18.1. The molecular formula is C21H18N4O. The second-order valence-electron chi connectivity index (χ2n) is 6.09. The number of aromatic nitrogens is 3. The quantitative estimate of drug-likeness (QED) is 0.577. The van der Waals surface area contributed by atoms with Gasteiger partial charge in [-0.15, -0.1) is 0 Å². The average molecular weight is 342 g/mol. The van der Waals surface area contributed by atoms with Crippen molar-refractivity contribution >= 4 is 16.7 Å². The first-order chi connectivity index (χ1) is 12.7. The van der Waals surface area contributed by atoms with Crippen molar-refractivity contribution in [1.29, 1.82) is 0 Å². The smallest absolute Gasteiger partial charge is 0.163 e. The van der Waals surface area contributed by atoms with E-state index in [9.17, 15) is 5.11 Å². The standard InChI is InChI=1S/C21H18N4O/c1-13-10-18-17(11-16(13)15-7-3-4-8-19(15)26)21(22-2)25-20(24-18)14-6-5-9-23-12-14/h3-12,26H,1-2H3,(H,22,24,25). The largest absolute Gasteiger partial charge is 0.507 e. The molecule has 2 aromatic carbocycles. The lowest BCUT2D eigenvalue weighted by atomic mass is 9.97. The third-order valence-corrected chi connectivity index (χ3v) is 4.39. The van der Waals surface area contributed by atoms with Crippen molar-refractivity contribution in [3.63, 3.8) is 0 Å². The number of para-hydroxylation sites is 1. The Morgan fingerprint density at radius 1 is 0.962 bits per heavy atom. The van der Waals surface area contributed by atoms with Gasteiger partial charge >= 0.3 is 0 Å². The minimum atomic E-state index is 0.258. The molecule has 0 aliphatic rings. The van der Waals surface area contributed by atoms with Gasteiger partial charge in [0.15, 0.2) is 5.82 Å². The Hall–Kier alpha value is -3.47. The van der Waals surface area contributed by atoms with Crippen molar-refractivity contribution < 1.29 is 5.11 Å². The molecule has 26 heavy (non-hydrogen) atoms. The number of phenols is 1. The molecule has 0 amide bonds. The third-order valence-electron chi connectivity index (χ3n) is 4.39. The number of aryl methyl sites for hydroxylation is 1. The van der Waals surface area contributed by atoms with E-state index in [-0.39, 0.29) is 5.75 Å². The first-order valence-electron chi connectivity index (χ1n) is 8.36. The lowest BCUT2D eigenvalue weighted by Gasteiger charge is -2.13. The summed E-state index contributed by atoms with van der Waals surface area (Å²) in [6, 6.07) is 15.2. The topological polar surface area (TPSA) is 70.9 Å². The summed E-state index contributed by atoms with van der Waals surface area (Å²) >= 11 is 0. The van der Waals surface area contributed by atoms with Crippen molar-refractivity contribution in [2.24, 2.45) is 0 Å². The fourth-order valence-electron chi connectivity index (χ4n) is 3.09. The molecule has 2 heterocycles. The first-order valence-corrected chi connectivity index (χ1v) is 8.36. The van der Waals surface area contributed by atoms with Crippen molar-refractivity contribution in [2.75, 3.05) is 12.4 Å². The zero-order valence-electron chi connectivity index (χ0n) is 14.6. The van der Waals surface area contributed by atoms with Crippen molar-refractivity contribution in [1.82, 2.24) is 15.0 Å². The molecule has 2 aromatic heterocycles. The Morgan fingerprint density at radius 3 is 2.54 bits per heavy atom. The van der Waals surface area contributed by atoms with Crippen LogP contribution in [0.5, 0.6) is 5.75 Å². The maximum absolute atomic E-state index is 10.2. The normalized spacial score (nSPS) is 10.8. The molecular weight excluding hydrogens is 324 g/mol. The van der Waals surface area contributed by atoms with Crippen LogP contribution in [-0.2, 0) is 0 Å². The minimum absolute atomic E-state index is 0.258. The van der Waals surface area contributed by atoms with Gasteiger partial charge in [-0.25, -0.2) is 9.97 Å². The molecule has 4 aromatic rings. The van der Waals surface area contributed by atoms with Gasteiger partial charge in [0.1, 0.15) is 11.6 Å². The number of benzene rings is 2. The summed E-state index contributed by atoms with van der Waals surface area (Å²) in [5.41, 5.74) is 4.51. The Labute approximate surface area is 151 Å². The number of fused-ring (bicyclic) bond motifs is 1. The highest BCUT2D eigenvalue weighted by Crippen LogP contribution is 2.35. The van der Waals surface area contributed by atoms with Gasteiger partial charge in [0, 0.05) is 36.0 Å². The monoisotopic (exact) mass is 342 g/mol. The van der Waals surface area contributed by atoms with Crippen molar-refractivity contribution in [2.45, 2.75) is 6.92 Å². The number of nitrogens with zero attached hydrogens (tertiary/aromatic N) is 3. The molecule has 0 spiro atoms. The molecule has 128 valence electrons. The van der Waals surface area contributed by atoms with Gasteiger partial charge in [-0.05, 0) is 48.4 Å². The van der Waals surface area contributed by atoms with Gasteiger partial charge in [-0.3, -0.25) is 4.98 Å². The lowest BCUT2D eigenvalue weighted by molar-refractivity contribution is 0.477. The van der Waals surface area contributed by atoms with Gasteiger partial charge in [0.25, 0.3) is 0 Å². The molecule has 0 atom stereocenters. The summed E-state index contributed by atoms with van der Waals surface area (Å²) in [5, 5.41) is 14.3. The average Bonchev–Trinajstić information content (AvgIpc) is 2.68. The van der Waals surface area contributed by atoms with E-state index in [1.807, 2.05) is 56.4 Å². The summed E-state index contributed by atoms with van der Waals surface area (Å²) in [6.45, 7) is 2.02. The van der Waals surface area contributed by atoms with Crippen LogP contribution in [0.15, 0.2) is 60.9 Å². The second kappa shape index (κ2) is 6.44. The van der Waals surface area contributed by atoms with E-state index in [1.165, 1.54) is 0 Å². The Bertz CT molecular complexity index is 1090. The highest BCUT2D eigenvalue weighted by molar-refractivity contribution is 5.95. The van der Waals surface area contributed by atoms with Crippen LogP contribution in [-0.4, -0.2) is 27.1 Å². The summed E-state index contributed by atoms with van der Waals surface area (Å²) in [7, 11) is 1.84. The highest BCUT2D eigenvalue weighted by Gasteiger charge is 2.13. The fourth-order valence-corrected chi connectivity index (χ4v) is 3.09. The van der Waals surface area contributed by atoms with Crippen LogP contribution >= 0.6 is 0 Å². The number of hydrogen-bond donors (Lipinski definition) is 2. The van der Waals surface area contributed by atoms with E-state index in [2.05, 4.69) is 15.3 Å². The van der Waals surface area contributed by atoms with E-state index in [4.69, 9.17) is 4.98 Å². The maximum Gasteiger partial charge on any atom is 0.163 e. The van der Waals surface area contributed by atoms with Crippen LogP contribution in [0.4, 0.5) is 5.82 Å². The third kappa shape index (κ3) is 2.73. The number of phenolic OH excluding ortho intramolecular Hbond substituents is 1. The van der Waals surface area contributed by atoms with E-state index in [0.717, 1.165) is 39.0 Å². The van der Waals surface area contributed by atoms with Gasteiger partial charge < -0.3 is 10.4 Å². The molecule has 0 saturated carbocycles. The zero-order valence-corrected chi connectivity index (χ0v) is 14.6. The molecule has 5 heteroatoms. The summed E-state index contributed by atoms with van der Waals surface area (Å²) in [5.74, 6) is 1.63. The summed E-state index contributed by atoms with van der Waals surface area (Å²) in [6.07, 6.45) is 3.48. The fraction of sp³-hybridized carbons (Fsp3) is 0.0952. The van der Waals surface area contributed by atoms with Crippen LogP contribution in [0.25, 0.3) is 33.4 Å². The summed E-state index contributed by atoms with van der Waals surface area (Å²) < 4.78 is 0. The molecule has 0 radical (unpaired) electrons. The molecule has 0 aliphatic carbocycles. The Balaban J connectivity index is 1.96. The second-order valence-corrected chi connectivity index (χ2v) is 6.09. The molecule has 2 N–H and O–H groups in total. The number of nitrogens with one attached hydrogen (secondary N) is 1. The molecule has 0 aliphatic heterocycles. The maximum atomic E-state index is 10.2. The predicted molar refractivity (Wildman–Crippen MR) is 104 cm³/mol. The molecule has 0 unspecified atom stereocenters. The van der Waals surface area contributed by atoms with E-state index >= 15 is 0 Å². The van der Waals surface area contributed by atoms with E-state index < -0.39 is 0 Å². The molecule has 5 nitrogen and oxygen atoms in total. The molecule has 0 fully saturated rings. The van der Waals surface area contributed by atoms with Crippen LogP contribution < -0.4 is 5.32 Å². The summed E-state index contributed by atoms with van der Waals surface area (Å²) in [4.78, 5) is 13.5. The number of rotatable bonds is 3. The van der Waals surface area contributed by atoms with Gasteiger partial charge in [-0.1, -0.05) is 18.2 Å². The van der Waals surface area contributed by atoms with E-state index in [0.29, 0.717) is 5.82 Å². The van der Waals surface area contributed by atoms with E-state index in [1.54, 1.807) is 18.5 Å². The van der Waals surface area contributed by atoms with Crippen LogP contribution in [0.3, 0.4) is 0 Å². The SMILES string of the molecule is CNc1nc(-c2cccnc2)nc2cc(C)c(-c3ccccc3O)cc12. The Kier molecular flexibility index (Phi) is 3.97. The van der Waals surface area contributed by atoms with Crippen LogP contribution in [0.2, 0.25) is 0 Å². The predicted octanol–water partition coefficient (Wildman–Crippen LogP) is 4.41. The van der Waals surface area contributed by atoms with Crippen LogP contribution in [0.1, 0.15) is 5.56 Å². The minimum Gasteiger partial charge on any atom is -0.507 e.